The molecule has 0 radical (unpaired) electrons. The first-order chi connectivity index (χ1) is 13.3. The molecule has 10 heteroatoms. The second-order valence-corrected chi connectivity index (χ2v) is 8.44. The van der Waals surface area contributed by atoms with Crippen LogP contribution in [0.1, 0.15) is 46.5 Å². The number of esters is 3. The Morgan fingerprint density at radius 2 is 1.41 bits per heavy atom. The van der Waals surface area contributed by atoms with E-state index in [0.717, 1.165) is 0 Å². The number of rotatable bonds is 14. The second-order valence-electron chi connectivity index (χ2n) is 6.87. The van der Waals surface area contributed by atoms with Crippen molar-refractivity contribution in [3.8, 4) is 0 Å². The lowest BCUT2D eigenvalue weighted by Gasteiger charge is -2.30. The van der Waals surface area contributed by atoms with Gasteiger partial charge in [-0.3, -0.25) is 9.35 Å². The third-order valence-electron chi connectivity index (χ3n) is 3.88. The monoisotopic (exact) mass is 434 g/mol. The summed E-state index contributed by atoms with van der Waals surface area (Å²) in [7, 11) is -4.18. The number of unbranched alkanes of at least 4 members (excludes halogenated alkanes) is 1. The molecule has 0 bridgehead atoms. The van der Waals surface area contributed by atoms with Gasteiger partial charge < -0.3 is 14.2 Å². The van der Waals surface area contributed by atoms with Crippen molar-refractivity contribution in [1.29, 1.82) is 0 Å². The molecule has 9 nitrogen and oxygen atoms in total. The van der Waals surface area contributed by atoms with E-state index < -0.39 is 52.4 Å². The van der Waals surface area contributed by atoms with E-state index in [1.54, 1.807) is 0 Å². The Morgan fingerprint density at radius 1 is 0.931 bits per heavy atom. The van der Waals surface area contributed by atoms with Crippen molar-refractivity contribution in [1.82, 2.24) is 0 Å². The number of hydrogen-bond donors (Lipinski definition) is 1. The summed E-state index contributed by atoms with van der Waals surface area (Å²) in [6, 6.07) is 0. The zero-order valence-corrected chi connectivity index (χ0v) is 18.0. The van der Waals surface area contributed by atoms with Crippen LogP contribution in [-0.4, -0.2) is 56.5 Å². The van der Waals surface area contributed by atoms with Gasteiger partial charge in [-0.15, -0.1) is 0 Å². The van der Waals surface area contributed by atoms with Gasteiger partial charge in [-0.1, -0.05) is 32.9 Å². The van der Waals surface area contributed by atoms with E-state index in [2.05, 4.69) is 13.2 Å². The van der Waals surface area contributed by atoms with Crippen molar-refractivity contribution in [2.75, 3.05) is 25.6 Å². The van der Waals surface area contributed by atoms with Gasteiger partial charge >= 0.3 is 17.9 Å². The minimum atomic E-state index is -4.18. The molecule has 0 aromatic heterocycles. The summed E-state index contributed by atoms with van der Waals surface area (Å²) in [5.41, 5.74) is -1.20. The summed E-state index contributed by atoms with van der Waals surface area (Å²) in [6.45, 7) is 10.7. The van der Waals surface area contributed by atoms with Crippen molar-refractivity contribution in [2.24, 2.45) is 5.41 Å². The van der Waals surface area contributed by atoms with E-state index >= 15 is 0 Å². The topological polar surface area (TPSA) is 133 Å². The maximum Gasteiger partial charge on any atom is 0.333 e. The van der Waals surface area contributed by atoms with Gasteiger partial charge in [-0.25, -0.2) is 9.59 Å². The molecule has 0 atom stereocenters. The zero-order chi connectivity index (χ0) is 22.7. The van der Waals surface area contributed by atoms with Crippen LogP contribution in [0.15, 0.2) is 24.3 Å². The maximum atomic E-state index is 12.8. The number of carbonyl (C=O) groups excluding carboxylic acids is 3. The van der Waals surface area contributed by atoms with E-state index in [1.807, 2.05) is 6.92 Å². The van der Waals surface area contributed by atoms with E-state index in [1.165, 1.54) is 13.8 Å². The standard InChI is InChI=1S/C19H30O9S/c1-6-7-9-19(12-27-16(20)14(2)3,13-28-17(21)15(4)5)18(22)26-10-8-11-29(23,24)25/h2,4,6-13H2,1,3,5H3,(H,23,24,25). The van der Waals surface area contributed by atoms with Gasteiger partial charge in [-0.05, 0) is 26.7 Å². The van der Waals surface area contributed by atoms with Crippen molar-refractivity contribution < 1.29 is 41.6 Å². The molecule has 0 aliphatic heterocycles. The molecular formula is C19H30O9S. The summed E-state index contributed by atoms with van der Waals surface area (Å²) in [5.74, 6) is -2.80. The fourth-order valence-corrected chi connectivity index (χ4v) is 2.62. The fraction of sp³-hybridized carbons (Fsp3) is 0.632. The van der Waals surface area contributed by atoms with Crippen molar-refractivity contribution >= 4 is 28.0 Å². The van der Waals surface area contributed by atoms with E-state index in [0.29, 0.717) is 12.8 Å². The van der Waals surface area contributed by atoms with Gasteiger partial charge in [0.2, 0.25) is 0 Å². The molecule has 0 unspecified atom stereocenters. The van der Waals surface area contributed by atoms with Crippen LogP contribution in [0, 0.1) is 5.41 Å². The molecule has 166 valence electrons. The Kier molecular flexibility index (Phi) is 11.4. The summed E-state index contributed by atoms with van der Waals surface area (Å²) in [4.78, 5) is 36.4. The zero-order valence-electron chi connectivity index (χ0n) is 17.2. The first kappa shape index (κ1) is 26.8. The highest BCUT2D eigenvalue weighted by Gasteiger charge is 2.43. The lowest BCUT2D eigenvalue weighted by Crippen LogP contribution is -2.43. The van der Waals surface area contributed by atoms with Crippen molar-refractivity contribution in [2.45, 2.75) is 46.5 Å². The first-order valence-electron chi connectivity index (χ1n) is 9.12. The number of hydrogen-bond acceptors (Lipinski definition) is 8. The lowest BCUT2D eigenvalue weighted by molar-refractivity contribution is -0.171. The van der Waals surface area contributed by atoms with Crippen LogP contribution in [0.5, 0.6) is 0 Å². The normalized spacial score (nSPS) is 11.4. The average molecular weight is 435 g/mol. The van der Waals surface area contributed by atoms with Gasteiger partial charge in [-0.2, -0.15) is 8.42 Å². The minimum absolute atomic E-state index is 0.120. The highest BCUT2D eigenvalue weighted by Crippen LogP contribution is 2.29. The second kappa shape index (κ2) is 12.4. The van der Waals surface area contributed by atoms with Crippen molar-refractivity contribution in [3.05, 3.63) is 24.3 Å². The Bertz CT molecular complexity index is 692. The summed E-state index contributed by atoms with van der Waals surface area (Å²) in [6.07, 6.45) is 1.34. The van der Waals surface area contributed by atoms with Gasteiger partial charge in [0, 0.05) is 11.1 Å². The lowest BCUT2D eigenvalue weighted by atomic mass is 9.84. The molecular weight excluding hydrogens is 404 g/mol. The van der Waals surface area contributed by atoms with Gasteiger partial charge in [0.15, 0.2) is 0 Å². The van der Waals surface area contributed by atoms with E-state index in [4.69, 9.17) is 18.8 Å². The Labute approximate surface area is 171 Å². The molecule has 0 saturated heterocycles. The van der Waals surface area contributed by atoms with Crippen LogP contribution in [0.2, 0.25) is 0 Å². The van der Waals surface area contributed by atoms with E-state index in [9.17, 15) is 22.8 Å². The Morgan fingerprint density at radius 3 is 1.79 bits per heavy atom. The maximum absolute atomic E-state index is 12.8. The molecule has 0 spiro atoms. The largest absolute Gasteiger partial charge is 0.465 e. The summed E-state index contributed by atoms with van der Waals surface area (Å²) >= 11 is 0. The molecule has 0 aliphatic carbocycles. The Balaban J connectivity index is 5.44. The number of ether oxygens (including phenoxy) is 3. The van der Waals surface area contributed by atoms with Gasteiger partial charge in [0.05, 0.1) is 12.4 Å². The predicted octanol–water partition coefficient (Wildman–Crippen LogP) is 2.22. The quantitative estimate of drug-likeness (QED) is 0.144. The summed E-state index contributed by atoms with van der Waals surface area (Å²) < 4.78 is 45.8. The molecule has 0 fully saturated rings. The fourth-order valence-electron chi connectivity index (χ4n) is 2.13. The minimum Gasteiger partial charge on any atom is -0.465 e. The molecule has 0 aliphatic rings. The van der Waals surface area contributed by atoms with Crippen LogP contribution in [0.25, 0.3) is 0 Å². The molecule has 1 N–H and O–H groups in total. The third-order valence-corrected chi connectivity index (χ3v) is 4.68. The SMILES string of the molecule is C=C(C)C(=O)OCC(CCCC)(COC(=O)C(=C)C)C(=O)OCCCS(=O)(=O)O. The van der Waals surface area contributed by atoms with Crippen LogP contribution in [0.4, 0.5) is 0 Å². The molecule has 29 heavy (non-hydrogen) atoms. The average Bonchev–Trinajstić information content (AvgIpc) is 2.63. The smallest absolute Gasteiger partial charge is 0.333 e. The molecule has 0 rings (SSSR count). The molecule has 0 aromatic carbocycles. The van der Waals surface area contributed by atoms with Crippen LogP contribution in [-0.2, 0) is 38.7 Å². The predicted molar refractivity (Wildman–Crippen MR) is 105 cm³/mol. The van der Waals surface area contributed by atoms with Gasteiger partial charge in [0.1, 0.15) is 18.6 Å². The van der Waals surface area contributed by atoms with Crippen LogP contribution in [0.3, 0.4) is 0 Å². The molecule has 0 amide bonds. The van der Waals surface area contributed by atoms with E-state index in [-0.39, 0.29) is 30.6 Å². The molecule has 0 aromatic rings. The van der Waals surface area contributed by atoms with Crippen molar-refractivity contribution in [3.63, 3.8) is 0 Å². The number of carbonyl (C=O) groups is 3. The highest BCUT2D eigenvalue weighted by molar-refractivity contribution is 7.85. The van der Waals surface area contributed by atoms with Crippen LogP contribution < -0.4 is 0 Å². The van der Waals surface area contributed by atoms with Crippen LogP contribution >= 0.6 is 0 Å². The Hall–Kier alpha value is -2.20. The third kappa shape index (κ3) is 10.8. The summed E-state index contributed by atoms with van der Waals surface area (Å²) in [5, 5.41) is 0. The molecule has 0 heterocycles. The van der Waals surface area contributed by atoms with Gasteiger partial charge in [0.25, 0.3) is 10.1 Å². The molecule has 0 saturated carbocycles. The highest BCUT2D eigenvalue weighted by atomic mass is 32.2. The first-order valence-corrected chi connectivity index (χ1v) is 10.7.